The minimum absolute atomic E-state index is 0.204. The van der Waals surface area contributed by atoms with Crippen molar-refractivity contribution in [3.63, 3.8) is 0 Å². The highest BCUT2D eigenvalue weighted by Gasteiger charge is 2.34. The summed E-state index contributed by atoms with van der Waals surface area (Å²) in [7, 11) is 0. The number of ketones is 2. The number of nitrogens with zero attached hydrogens (tertiary/aromatic N) is 1. The zero-order valence-corrected chi connectivity index (χ0v) is 23.1. The molecule has 40 heavy (non-hydrogen) atoms. The van der Waals surface area contributed by atoms with Crippen LogP contribution in [0.2, 0.25) is 0 Å². The van der Waals surface area contributed by atoms with Gasteiger partial charge < -0.3 is 4.57 Å². The molecule has 5 aromatic carbocycles. The Bertz CT molecular complexity index is 1700. The van der Waals surface area contributed by atoms with Crippen LogP contribution in [-0.2, 0) is 0 Å². The third kappa shape index (κ3) is 4.74. The minimum Gasteiger partial charge on any atom is -0.308 e. The van der Waals surface area contributed by atoms with Crippen LogP contribution in [0.1, 0.15) is 31.8 Å². The summed E-state index contributed by atoms with van der Waals surface area (Å²) in [5.41, 5.74) is 5.66. The predicted octanol–water partition coefficient (Wildman–Crippen LogP) is 9.04. The van der Waals surface area contributed by atoms with Crippen molar-refractivity contribution >= 4 is 27.5 Å². The van der Waals surface area contributed by atoms with E-state index in [0.717, 1.165) is 21.3 Å². The first-order chi connectivity index (χ1) is 19.6. The van der Waals surface area contributed by atoms with Gasteiger partial charge in [0.25, 0.3) is 0 Å². The smallest absolute Gasteiger partial charge is 0.195 e. The highest BCUT2D eigenvalue weighted by Crippen LogP contribution is 2.42. The van der Waals surface area contributed by atoms with Crippen molar-refractivity contribution in [3.05, 3.63) is 172 Å². The van der Waals surface area contributed by atoms with Crippen LogP contribution in [0.25, 0.3) is 28.2 Å². The zero-order valence-electron chi connectivity index (χ0n) is 21.5. The van der Waals surface area contributed by atoms with E-state index in [1.807, 2.05) is 121 Å². The van der Waals surface area contributed by atoms with E-state index in [4.69, 9.17) is 0 Å². The maximum Gasteiger partial charge on any atom is 0.195 e. The fourth-order valence-electron chi connectivity index (χ4n) is 5.09. The van der Waals surface area contributed by atoms with Gasteiger partial charge in [-0.3, -0.25) is 9.59 Å². The molecule has 0 fully saturated rings. The van der Waals surface area contributed by atoms with Crippen LogP contribution in [0.5, 0.6) is 0 Å². The number of benzene rings is 5. The molecule has 0 amide bonds. The van der Waals surface area contributed by atoms with Crippen LogP contribution < -0.4 is 0 Å². The Morgan fingerprint density at radius 2 is 0.875 bits per heavy atom. The molecule has 3 nitrogen and oxygen atoms in total. The van der Waals surface area contributed by atoms with Gasteiger partial charge in [-0.2, -0.15) is 0 Å². The van der Waals surface area contributed by atoms with Gasteiger partial charge in [-0.1, -0.05) is 143 Å². The Hall–Kier alpha value is -4.80. The number of carbonyl (C=O) groups is 2. The summed E-state index contributed by atoms with van der Waals surface area (Å²) in [4.78, 5) is 29.0. The molecule has 0 saturated heterocycles. The van der Waals surface area contributed by atoms with Gasteiger partial charge in [0, 0.05) is 21.3 Å². The van der Waals surface area contributed by atoms with Crippen molar-refractivity contribution in [1.82, 2.24) is 4.57 Å². The molecular weight excluding hydrogens is 558 g/mol. The number of hydrogen-bond donors (Lipinski definition) is 0. The molecule has 0 aliphatic heterocycles. The first-order valence-electron chi connectivity index (χ1n) is 13.0. The molecule has 0 unspecified atom stereocenters. The van der Waals surface area contributed by atoms with Crippen LogP contribution in [0.3, 0.4) is 0 Å². The summed E-state index contributed by atoms with van der Waals surface area (Å²) >= 11 is 3.63. The van der Waals surface area contributed by atoms with Crippen LogP contribution in [0.15, 0.2) is 150 Å². The third-order valence-electron chi connectivity index (χ3n) is 6.86. The average Bonchev–Trinajstić information content (AvgIpc) is 3.38. The van der Waals surface area contributed by atoms with E-state index in [-0.39, 0.29) is 11.6 Å². The molecule has 0 atom stereocenters. The summed E-state index contributed by atoms with van der Waals surface area (Å²) in [6, 6.07) is 45.9. The zero-order chi connectivity index (χ0) is 27.5. The molecule has 6 rings (SSSR count). The van der Waals surface area contributed by atoms with E-state index in [1.165, 1.54) is 0 Å². The first kappa shape index (κ1) is 25.5. The number of hydrogen-bond acceptors (Lipinski definition) is 2. The number of rotatable bonds is 7. The van der Waals surface area contributed by atoms with Gasteiger partial charge in [-0.15, -0.1) is 0 Å². The topological polar surface area (TPSA) is 39.1 Å². The molecule has 0 spiro atoms. The summed E-state index contributed by atoms with van der Waals surface area (Å²) < 4.78 is 2.95. The van der Waals surface area contributed by atoms with Crippen LogP contribution in [0.4, 0.5) is 0 Å². The Kier molecular flexibility index (Phi) is 7.09. The molecule has 0 aliphatic rings. The molecule has 4 heteroatoms. The minimum atomic E-state index is -0.204. The lowest BCUT2D eigenvalue weighted by atomic mass is 9.90. The maximum absolute atomic E-state index is 14.5. The Labute approximate surface area is 241 Å². The van der Waals surface area contributed by atoms with Gasteiger partial charge in [0.15, 0.2) is 11.6 Å². The van der Waals surface area contributed by atoms with Gasteiger partial charge in [-0.05, 0) is 29.3 Å². The quantitative estimate of drug-likeness (QED) is 0.176. The van der Waals surface area contributed by atoms with E-state index in [1.54, 1.807) is 24.3 Å². The lowest BCUT2D eigenvalue weighted by molar-refractivity contribution is 0.100. The highest BCUT2D eigenvalue weighted by atomic mass is 79.9. The molecule has 192 valence electrons. The van der Waals surface area contributed by atoms with Crippen molar-refractivity contribution in [1.29, 1.82) is 0 Å². The molecule has 1 aromatic heterocycles. The van der Waals surface area contributed by atoms with E-state index < -0.39 is 0 Å². The van der Waals surface area contributed by atoms with Crippen molar-refractivity contribution in [2.45, 2.75) is 0 Å². The van der Waals surface area contributed by atoms with Gasteiger partial charge >= 0.3 is 0 Å². The van der Waals surface area contributed by atoms with Gasteiger partial charge in [0.1, 0.15) is 0 Å². The third-order valence-corrected chi connectivity index (χ3v) is 7.35. The molecule has 0 saturated carbocycles. The lowest BCUT2D eigenvalue weighted by Gasteiger charge is -2.16. The Morgan fingerprint density at radius 1 is 0.475 bits per heavy atom. The van der Waals surface area contributed by atoms with Crippen molar-refractivity contribution in [3.8, 4) is 28.2 Å². The summed E-state index contributed by atoms with van der Waals surface area (Å²) in [6.07, 6.45) is 0. The molecule has 0 aliphatic carbocycles. The van der Waals surface area contributed by atoms with E-state index in [9.17, 15) is 9.59 Å². The predicted molar refractivity (Wildman–Crippen MR) is 164 cm³/mol. The maximum atomic E-state index is 14.5. The number of carbonyl (C=O) groups excluding carboxylic acids is 2. The molecule has 0 bridgehead atoms. The summed E-state index contributed by atoms with van der Waals surface area (Å²) in [5.74, 6) is -0.408. The van der Waals surface area contributed by atoms with Crippen LogP contribution in [0, 0.1) is 0 Å². The van der Waals surface area contributed by atoms with E-state index in [2.05, 4.69) is 20.5 Å². The van der Waals surface area contributed by atoms with Crippen molar-refractivity contribution in [2.24, 2.45) is 0 Å². The molecule has 0 radical (unpaired) electrons. The second-order valence-electron chi connectivity index (χ2n) is 9.38. The van der Waals surface area contributed by atoms with Crippen molar-refractivity contribution < 1.29 is 9.59 Å². The van der Waals surface area contributed by atoms with Crippen LogP contribution in [-0.4, -0.2) is 16.1 Å². The fourth-order valence-corrected chi connectivity index (χ4v) is 5.48. The molecule has 1 heterocycles. The van der Waals surface area contributed by atoms with Gasteiger partial charge in [0.2, 0.25) is 0 Å². The van der Waals surface area contributed by atoms with Gasteiger partial charge in [-0.25, -0.2) is 0 Å². The normalized spacial score (nSPS) is 10.8. The Balaban J connectivity index is 1.82. The molecular formula is C36H24BrNO2. The largest absolute Gasteiger partial charge is 0.308 e. The monoisotopic (exact) mass is 581 g/mol. The second kappa shape index (κ2) is 11.1. The molecule has 6 aromatic rings. The van der Waals surface area contributed by atoms with E-state index >= 15 is 0 Å². The second-order valence-corrected chi connectivity index (χ2v) is 10.3. The fraction of sp³-hybridized carbons (Fsp3) is 0. The highest BCUT2D eigenvalue weighted by molar-refractivity contribution is 9.10. The Morgan fingerprint density at radius 3 is 1.27 bits per heavy atom. The SMILES string of the molecule is O=C(c1ccccc1)c1c(C(=O)c2ccccc2)c(-c2ccccc2)n(-c2cccc(Br)c2)c1-c1ccccc1. The first-order valence-corrected chi connectivity index (χ1v) is 13.8. The summed E-state index contributed by atoms with van der Waals surface area (Å²) in [5, 5.41) is 0. The molecule has 0 N–H and O–H groups in total. The van der Waals surface area contributed by atoms with Crippen molar-refractivity contribution in [2.75, 3.05) is 0 Å². The number of halogens is 1. The number of aromatic nitrogens is 1. The standard InChI is InChI=1S/C36H24BrNO2/c37-29-22-13-23-30(24-29)38-33(25-14-5-1-6-15-25)31(35(39)27-18-9-3-10-19-27)32(34(38)26-16-7-2-8-17-26)36(40)28-20-11-4-12-21-28/h1-24H. The summed E-state index contributed by atoms with van der Waals surface area (Å²) in [6.45, 7) is 0. The van der Waals surface area contributed by atoms with E-state index in [0.29, 0.717) is 33.6 Å². The average molecular weight is 582 g/mol. The lowest BCUT2D eigenvalue weighted by Crippen LogP contribution is -2.11. The van der Waals surface area contributed by atoms with Crippen LogP contribution >= 0.6 is 15.9 Å². The van der Waals surface area contributed by atoms with Gasteiger partial charge in [0.05, 0.1) is 22.5 Å².